The van der Waals surface area contributed by atoms with Crippen LogP contribution in [0, 0.1) is 11.6 Å². The summed E-state index contributed by atoms with van der Waals surface area (Å²) in [5, 5.41) is 5.24. The first kappa shape index (κ1) is 24.1. The van der Waals surface area contributed by atoms with Crippen LogP contribution in [0.15, 0.2) is 48.7 Å². The number of hydrogen-bond donors (Lipinski definition) is 4. The standard InChI is InChI=1S/C24H22ClF2N7O/c1-24(2,3)21-33-19(20(34-21)17-8-9-29-22(28)31-17)14-11-13(5-7-16(14)27)30-23(35)32-18-10-12(26)4-6-15(18)25/h4-11H,1-3H3,(H,33,34)(H2,28,29,31)(H2,30,32,35). The van der Waals surface area contributed by atoms with Gasteiger partial charge in [-0.15, -0.1) is 0 Å². The van der Waals surface area contributed by atoms with Crippen LogP contribution in [0.4, 0.5) is 30.9 Å². The van der Waals surface area contributed by atoms with Gasteiger partial charge in [-0.2, -0.15) is 0 Å². The van der Waals surface area contributed by atoms with Crippen molar-refractivity contribution in [1.29, 1.82) is 0 Å². The minimum Gasteiger partial charge on any atom is -0.368 e. The van der Waals surface area contributed by atoms with E-state index in [2.05, 4.69) is 30.6 Å². The average Bonchev–Trinajstić information content (AvgIpc) is 3.23. The lowest BCUT2D eigenvalue weighted by Gasteiger charge is -2.14. The van der Waals surface area contributed by atoms with Crippen LogP contribution < -0.4 is 16.4 Å². The third-order valence-corrected chi connectivity index (χ3v) is 5.33. The third-order valence-electron chi connectivity index (χ3n) is 5.00. The zero-order valence-corrected chi connectivity index (χ0v) is 19.8. The second-order valence-corrected chi connectivity index (χ2v) is 9.16. The van der Waals surface area contributed by atoms with Crippen LogP contribution in [-0.2, 0) is 5.41 Å². The van der Waals surface area contributed by atoms with Gasteiger partial charge in [0.15, 0.2) is 0 Å². The summed E-state index contributed by atoms with van der Waals surface area (Å²) in [6.45, 7) is 5.89. The molecular weight excluding hydrogens is 476 g/mol. The van der Waals surface area contributed by atoms with E-state index in [0.29, 0.717) is 22.9 Å². The smallest absolute Gasteiger partial charge is 0.323 e. The maximum absolute atomic E-state index is 15.0. The summed E-state index contributed by atoms with van der Waals surface area (Å²) in [6.07, 6.45) is 1.50. The van der Waals surface area contributed by atoms with Crippen LogP contribution in [0.2, 0.25) is 5.02 Å². The van der Waals surface area contributed by atoms with Crippen LogP contribution in [0.5, 0.6) is 0 Å². The van der Waals surface area contributed by atoms with Crippen molar-refractivity contribution in [3.05, 3.63) is 71.1 Å². The highest BCUT2D eigenvalue weighted by atomic mass is 35.5. The lowest BCUT2D eigenvalue weighted by atomic mass is 9.96. The molecule has 4 aromatic rings. The number of urea groups is 1. The number of nitrogens with one attached hydrogen (secondary N) is 3. The van der Waals surface area contributed by atoms with Crippen molar-refractivity contribution < 1.29 is 13.6 Å². The van der Waals surface area contributed by atoms with Crippen molar-refractivity contribution in [2.24, 2.45) is 0 Å². The molecule has 11 heteroatoms. The molecule has 2 amide bonds. The van der Waals surface area contributed by atoms with E-state index in [4.69, 9.17) is 17.3 Å². The zero-order valence-electron chi connectivity index (χ0n) is 19.1. The predicted molar refractivity (Wildman–Crippen MR) is 132 cm³/mol. The molecule has 0 saturated heterocycles. The number of halogens is 3. The molecule has 2 heterocycles. The van der Waals surface area contributed by atoms with E-state index in [0.717, 1.165) is 6.07 Å². The second-order valence-electron chi connectivity index (χ2n) is 8.76. The van der Waals surface area contributed by atoms with Gasteiger partial charge in [0, 0.05) is 22.9 Å². The Morgan fingerprint density at radius 2 is 1.83 bits per heavy atom. The Labute approximate surface area is 205 Å². The Hall–Kier alpha value is -4.05. The number of rotatable bonds is 4. The van der Waals surface area contributed by atoms with E-state index in [-0.39, 0.29) is 33.3 Å². The number of carbonyl (C=O) groups excluding carboxylic acids is 1. The summed E-state index contributed by atoms with van der Waals surface area (Å²) in [7, 11) is 0. The van der Waals surface area contributed by atoms with Gasteiger partial charge in [0.2, 0.25) is 5.95 Å². The summed E-state index contributed by atoms with van der Waals surface area (Å²) in [6, 6.07) is 8.60. The Morgan fingerprint density at radius 3 is 2.54 bits per heavy atom. The normalized spacial score (nSPS) is 11.4. The summed E-state index contributed by atoms with van der Waals surface area (Å²) in [5.41, 5.74) is 7.07. The van der Waals surface area contributed by atoms with Gasteiger partial charge in [0.1, 0.15) is 23.2 Å². The molecule has 2 aromatic carbocycles. The van der Waals surface area contributed by atoms with Crippen molar-refractivity contribution >= 4 is 35.0 Å². The van der Waals surface area contributed by atoms with E-state index < -0.39 is 17.7 Å². The molecule has 5 N–H and O–H groups in total. The quantitative estimate of drug-likeness (QED) is 0.276. The fraction of sp³-hybridized carbons (Fsp3) is 0.167. The summed E-state index contributed by atoms with van der Waals surface area (Å²) < 4.78 is 28.5. The number of nitrogen functional groups attached to an aromatic ring is 1. The molecule has 0 aliphatic rings. The van der Waals surface area contributed by atoms with Gasteiger partial charge >= 0.3 is 6.03 Å². The van der Waals surface area contributed by atoms with Crippen molar-refractivity contribution in [1.82, 2.24) is 19.9 Å². The molecule has 0 aliphatic carbocycles. The molecule has 0 bridgehead atoms. The lowest BCUT2D eigenvalue weighted by Crippen LogP contribution is -2.19. The molecule has 180 valence electrons. The van der Waals surface area contributed by atoms with Crippen LogP contribution in [0.25, 0.3) is 22.6 Å². The Morgan fingerprint density at radius 1 is 1.06 bits per heavy atom. The molecule has 4 rings (SSSR count). The number of anilines is 3. The van der Waals surface area contributed by atoms with Crippen molar-refractivity contribution in [2.45, 2.75) is 26.2 Å². The maximum atomic E-state index is 15.0. The van der Waals surface area contributed by atoms with Crippen LogP contribution in [-0.4, -0.2) is 26.0 Å². The van der Waals surface area contributed by atoms with Crippen LogP contribution in [0.3, 0.4) is 0 Å². The van der Waals surface area contributed by atoms with Gasteiger partial charge in [-0.05, 0) is 42.5 Å². The lowest BCUT2D eigenvalue weighted by molar-refractivity contribution is 0.262. The fourth-order valence-electron chi connectivity index (χ4n) is 3.28. The highest BCUT2D eigenvalue weighted by Crippen LogP contribution is 2.35. The summed E-state index contributed by atoms with van der Waals surface area (Å²) in [4.78, 5) is 28.5. The minimum atomic E-state index is -0.684. The Bertz CT molecular complexity index is 1420. The number of benzene rings is 2. The molecule has 0 spiro atoms. The molecule has 0 saturated carbocycles. The zero-order chi connectivity index (χ0) is 25.3. The van der Waals surface area contributed by atoms with Gasteiger partial charge < -0.3 is 21.4 Å². The molecule has 0 atom stereocenters. The molecule has 8 nitrogen and oxygen atoms in total. The number of nitrogens with zero attached hydrogens (tertiary/aromatic N) is 3. The second kappa shape index (κ2) is 9.30. The highest BCUT2D eigenvalue weighted by molar-refractivity contribution is 6.33. The van der Waals surface area contributed by atoms with Crippen LogP contribution in [0.1, 0.15) is 26.6 Å². The number of H-pyrrole nitrogens is 1. The van der Waals surface area contributed by atoms with E-state index >= 15 is 4.39 Å². The number of aromatic nitrogens is 4. The number of hydrogen-bond acceptors (Lipinski definition) is 5. The van der Waals surface area contributed by atoms with Crippen LogP contribution >= 0.6 is 11.6 Å². The van der Waals surface area contributed by atoms with E-state index in [1.807, 2.05) is 20.8 Å². The number of carbonyl (C=O) groups is 1. The van der Waals surface area contributed by atoms with Crippen molar-refractivity contribution in [3.8, 4) is 22.6 Å². The number of nitrogens with two attached hydrogens (primary N) is 1. The molecule has 0 unspecified atom stereocenters. The molecule has 0 radical (unpaired) electrons. The number of amides is 2. The Balaban J connectivity index is 1.71. The third kappa shape index (κ3) is 5.38. The first-order valence-corrected chi connectivity index (χ1v) is 10.9. The topological polar surface area (TPSA) is 122 Å². The average molecular weight is 498 g/mol. The molecular formula is C24H22ClF2N7O. The van der Waals surface area contributed by atoms with Gasteiger partial charge in [-0.3, -0.25) is 0 Å². The largest absolute Gasteiger partial charge is 0.368 e. The molecule has 0 fully saturated rings. The molecule has 35 heavy (non-hydrogen) atoms. The van der Waals surface area contributed by atoms with Gasteiger partial charge in [0.25, 0.3) is 0 Å². The predicted octanol–water partition coefficient (Wildman–Crippen LogP) is 5.99. The monoisotopic (exact) mass is 497 g/mol. The number of aromatic amines is 1. The minimum absolute atomic E-state index is 0.0592. The number of imidazole rings is 1. The Kier molecular flexibility index (Phi) is 6.40. The van der Waals surface area contributed by atoms with Crippen molar-refractivity contribution in [2.75, 3.05) is 16.4 Å². The molecule has 0 aliphatic heterocycles. The van der Waals surface area contributed by atoms with E-state index in [9.17, 15) is 9.18 Å². The van der Waals surface area contributed by atoms with Gasteiger partial charge in [-0.25, -0.2) is 28.5 Å². The van der Waals surface area contributed by atoms with Crippen molar-refractivity contribution in [3.63, 3.8) is 0 Å². The summed E-state index contributed by atoms with van der Waals surface area (Å²) in [5.74, 6) is -0.445. The van der Waals surface area contributed by atoms with Gasteiger partial charge in [0.05, 0.1) is 22.1 Å². The van der Waals surface area contributed by atoms with E-state index in [1.54, 1.807) is 6.07 Å². The van der Waals surface area contributed by atoms with Gasteiger partial charge in [-0.1, -0.05) is 32.4 Å². The van der Waals surface area contributed by atoms with E-state index in [1.165, 1.54) is 36.5 Å². The highest BCUT2D eigenvalue weighted by Gasteiger charge is 2.25. The first-order chi connectivity index (χ1) is 16.5. The maximum Gasteiger partial charge on any atom is 0.323 e. The molecule has 2 aromatic heterocycles. The summed E-state index contributed by atoms with van der Waals surface area (Å²) >= 11 is 6.01. The fourth-order valence-corrected chi connectivity index (χ4v) is 3.45. The first-order valence-electron chi connectivity index (χ1n) is 10.5. The SMILES string of the molecule is CC(C)(C)c1nc(-c2cc(NC(=O)Nc3cc(F)ccc3Cl)ccc2F)c(-c2ccnc(N)n2)[nH]1.